The highest BCUT2D eigenvalue weighted by atomic mass is 16.6. The van der Waals surface area contributed by atoms with Crippen molar-refractivity contribution in [1.82, 2.24) is 5.32 Å². The van der Waals surface area contributed by atoms with Gasteiger partial charge in [0.15, 0.2) is 0 Å². The topological polar surface area (TPSA) is 75.6 Å². The number of alkyl carbamates (subject to hydrolysis) is 1. The Labute approximate surface area is 107 Å². The molecule has 0 aromatic heterocycles. The van der Waals surface area contributed by atoms with Gasteiger partial charge in [0.2, 0.25) is 0 Å². The zero-order valence-electron chi connectivity index (χ0n) is 11.1. The van der Waals surface area contributed by atoms with Crippen LogP contribution in [0.3, 0.4) is 0 Å². The molecular weight excluding hydrogens is 234 g/mol. The minimum Gasteiger partial charge on any atom is -0.481 e. The van der Waals surface area contributed by atoms with Gasteiger partial charge in [-0.15, -0.1) is 0 Å². The molecule has 2 fully saturated rings. The van der Waals surface area contributed by atoms with E-state index in [1.807, 2.05) is 20.8 Å². The lowest BCUT2D eigenvalue weighted by Crippen LogP contribution is -2.51. The van der Waals surface area contributed by atoms with Gasteiger partial charge in [0.1, 0.15) is 5.60 Å². The second-order valence-electron chi connectivity index (χ2n) is 6.42. The summed E-state index contributed by atoms with van der Waals surface area (Å²) in [6, 6.07) is 0.0919. The predicted molar refractivity (Wildman–Crippen MR) is 65.1 cm³/mol. The molecule has 5 heteroatoms. The highest BCUT2D eigenvalue weighted by Gasteiger charge is 2.50. The van der Waals surface area contributed by atoms with Crippen molar-refractivity contribution in [3.05, 3.63) is 0 Å². The molecule has 2 rings (SSSR count). The molecule has 0 aromatic carbocycles. The standard InChI is InChI=1S/C13H21NO4/c1-13(2,3)18-12(17)14-10-6-7-4-8(11(15)16)5-9(7)10/h7-10H,4-6H2,1-3H3,(H,14,17)(H,15,16)/t7-,8+,9-,10+/m0/s1. The second kappa shape index (κ2) is 4.44. The molecule has 2 aliphatic rings. The number of fused-ring (bicyclic) bond motifs is 1. The average Bonchev–Trinajstić information content (AvgIpc) is 2.50. The van der Waals surface area contributed by atoms with Crippen LogP contribution < -0.4 is 5.32 Å². The fraction of sp³-hybridized carbons (Fsp3) is 0.846. The van der Waals surface area contributed by atoms with E-state index in [9.17, 15) is 9.59 Å². The molecule has 0 spiro atoms. The van der Waals surface area contributed by atoms with Crippen LogP contribution in [0.15, 0.2) is 0 Å². The number of ether oxygens (including phenoxy) is 1. The number of rotatable bonds is 2. The van der Waals surface area contributed by atoms with Gasteiger partial charge in [0.25, 0.3) is 0 Å². The lowest BCUT2D eigenvalue weighted by molar-refractivity contribution is -0.141. The quantitative estimate of drug-likeness (QED) is 0.791. The molecule has 4 atom stereocenters. The van der Waals surface area contributed by atoms with Crippen LogP contribution in [0.1, 0.15) is 40.0 Å². The van der Waals surface area contributed by atoms with Crippen LogP contribution in [-0.4, -0.2) is 28.8 Å². The van der Waals surface area contributed by atoms with Crippen molar-refractivity contribution >= 4 is 12.1 Å². The first-order chi connectivity index (χ1) is 8.26. The third kappa shape index (κ3) is 2.76. The summed E-state index contributed by atoms with van der Waals surface area (Å²) in [6.45, 7) is 5.48. The minimum absolute atomic E-state index is 0.0919. The summed E-state index contributed by atoms with van der Waals surface area (Å²) in [5, 5.41) is 11.8. The first kappa shape index (κ1) is 13.2. The van der Waals surface area contributed by atoms with Gasteiger partial charge in [-0.1, -0.05) is 0 Å². The smallest absolute Gasteiger partial charge is 0.407 e. The van der Waals surface area contributed by atoms with Crippen LogP contribution in [0.2, 0.25) is 0 Å². The molecule has 2 saturated carbocycles. The minimum atomic E-state index is -0.708. The number of amides is 1. The van der Waals surface area contributed by atoms with Crippen molar-refractivity contribution in [3.63, 3.8) is 0 Å². The van der Waals surface area contributed by atoms with Gasteiger partial charge in [-0.2, -0.15) is 0 Å². The summed E-state index contributed by atoms with van der Waals surface area (Å²) in [7, 11) is 0. The molecule has 1 amide bonds. The zero-order valence-corrected chi connectivity index (χ0v) is 11.1. The molecule has 2 N–H and O–H groups in total. The Kier molecular flexibility index (Phi) is 3.25. The van der Waals surface area contributed by atoms with Crippen LogP contribution in [0.4, 0.5) is 4.79 Å². The van der Waals surface area contributed by atoms with E-state index in [0.717, 1.165) is 12.8 Å². The summed E-state index contributed by atoms with van der Waals surface area (Å²) >= 11 is 0. The summed E-state index contributed by atoms with van der Waals surface area (Å²) in [5.41, 5.74) is -0.494. The van der Waals surface area contributed by atoms with Crippen molar-refractivity contribution in [2.24, 2.45) is 17.8 Å². The lowest BCUT2D eigenvalue weighted by Gasteiger charge is -2.40. The Morgan fingerprint density at radius 2 is 1.89 bits per heavy atom. The van der Waals surface area contributed by atoms with Gasteiger partial charge in [-0.25, -0.2) is 4.79 Å². The van der Waals surface area contributed by atoms with Crippen LogP contribution in [0.5, 0.6) is 0 Å². The summed E-state index contributed by atoms with van der Waals surface area (Å²) < 4.78 is 5.20. The largest absolute Gasteiger partial charge is 0.481 e. The number of hydrogen-bond donors (Lipinski definition) is 2. The Morgan fingerprint density at radius 1 is 1.22 bits per heavy atom. The van der Waals surface area contributed by atoms with E-state index in [1.165, 1.54) is 0 Å². The molecule has 0 heterocycles. The maximum Gasteiger partial charge on any atom is 0.407 e. The van der Waals surface area contributed by atoms with Crippen molar-refractivity contribution in [2.45, 2.75) is 51.7 Å². The number of aliphatic carboxylic acids is 1. The van der Waals surface area contributed by atoms with Crippen molar-refractivity contribution in [1.29, 1.82) is 0 Å². The predicted octanol–water partition coefficient (Wildman–Crippen LogP) is 2.01. The van der Waals surface area contributed by atoms with E-state index >= 15 is 0 Å². The van der Waals surface area contributed by atoms with Crippen molar-refractivity contribution < 1.29 is 19.4 Å². The van der Waals surface area contributed by atoms with Gasteiger partial charge >= 0.3 is 12.1 Å². The van der Waals surface area contributed by atoms with Crippen molar-refractivity contribution in [3.8, 4) is 0 Å². The molecule has 2 aliphatic carbocycles. The van der Waals surface area contributed by atoms with Crippen LogP contribution >= 0.6 is 0 Å². The average molecular weight is 255 g/mol. The Hall–Kier alpha value is -1.26. The summed E-state index contributed by atoms with van der Waals surface area (Å²) in [5.74, 6) is -0.157. The molecule has 0 saturated heterocycles. The highest BCUT2D eigenvalue weighted by Crippen LogP contribution is 2.49. The Balaban J connectivity index is 1.81. The molecule has 102 valence electrons. The maximum atomic E-state index is 11.6. The molecular formula is C13H21NO4. The number of carbonyl (C=O) groups is 2. The summed E-state index contributed by atoms with van der Waals surface area (Å²) in [4.78, 5) is 22.5. The normalized spacial score (nSPS) is 34.4. The van der Waals surface area contributed by atoms with Crippen LogP contribution in [0.25, 0.3) is 0 Å². The highest BCUT2D eigenvalue weighted by molar-refractivity contribution is 5.71. The molecule has 0 aliphatic heterocycles. The van der Waals surface area contributed by atoms with Gasteiger partial charge in [-0.3, -0.25) is 4.79 Å². The zero-order chi connectivity index (χ0) is 13.5. The maximum absolute atomic E-state index is 11.6. The Bertz CT molecular complexity index is 360. The number of nitrogens with one attached hydrogen (secondary N) is 1. The molecule has 5 nitrogen and oxygen atoms in total. The van der Waals surface area contributed by atoms with Crippen molar-refractivity contribution in [2.75, 3.05) is 0 Å². The summed E-state index contributed by atoms with van der Waals surface area (Å²) in [6.07, 6.45) is 1.92. The molecule has 0 unspecified atom stereocenters. The fourth-order valence-electron chi connectivity index (χ4n) is 3.05. The molecule has 0 aromatic rings. The van der Waals surface area contributed by atoms with Gasteiger partial charge in [0, 0.05) is 6.04 Å². The number of hydrogen-bond acceptors (Lipinski definition) is 3. The fourth-order valence-corrected chi connectivity index (χ4v) is 3.05. The van der Waals surface area contributed by atoms with Gasteiger partial charge in [-0.05, 0) is 51.9 Å². The third-order valence-electron chi connectivity index (χ3n) is 3.87. The second-order valence-corrected chi connectivity index (χ2v) is 6.42. The van der Waals surface area contributed by atoms with E-state index in [4.69, 9.17) is 9.84 Å². The number of carboxylic acids is 1. The van der Waals surface area contributed by atoms with E-state index in [-0.39, 0.29) is 12.0 Å². The number of carboxylic acid groups (broad SMARTS) is 1. The molecule has 18 heavy (non-hydrogen) atoms. The number of carbonyl (C=O) groups excluding carboxylic acids is 1. The van der Waals surface area contributed by atoms with E-state index in [1.54, 1.807) is 0 Å². The van der Waals surface area contributed by atoms with Gasteiger partial charge in [0.05, 0.1) is 5.92 Å². The molecule has 0 radical (unpaired) electrons. The van der Waals surface area contributed by atoms with E-state index in [0.29, 0.717) is 18.3 Å². The van der Waals surface area contributed by atoms with Crippen LogP contribution in [-0.2, 0) is 9.53 Å². The Morgan fingerprint density at radius 3 is 2.44 bits per heavy atom. The van der Waals surface area contributed by atoms with E-state index in [2.05, 4.69) is 5.32 Å². The first-order valence-corrected chi connectivity index (χ1v) is 6.48. The third-order valence-corrected chi connectivity index (χ3v) is 3.87. The SMILES string of the molecule is CC(C)(C)OC(=O)N[C@@H]1C[C@@H]2C[C@@H](C(=O)O)C[C@@H]21. The molecule has 0 bridgehead atoms. The first-order valence-electron chi connectivity index (χ1n) is 6.48. The van der Waals surface area contributed by atoms with E-state index < -0.39 is 17.7 Å². The van der Waals surface area contributed by atoms with Gasteiger partial charge < -0.3 is 15.2 Å². The van der Waals surface area contributed by atoms with Crippen LogP contribution in [0, 0.1) is 17.8 Å². The lowest BCUT2D eigenvalue weighted by atomic mass is 9.71. The monoisotopic (exact) mass is 255 g/mol.